The highest BCUT2D eigenvalue weighted by molar-refractivity contribution is 6.43. The Balaban J connectivity index is 1.30. The van der Waals surface area contributed by atoms with Crippen LogP contribution in [0.4, 0.5) is 0 Å². The van der Waals surface area contributed by atoms with Crippen LogP contribution < -0.4 is 38.5 Å². The molecule has 2 aliphatic heterocycles. The van der Waals surface area contributed by atoms with Gasteiger partial charge in [-0.3, -0.25) is 62.9 Å². The number of aliphatic carboxylic acids is 2. The summed E-state index contributed by atoms with van der Waals surface area (Å²) in [7, 11) is -1.68. The van der Waals surface area contributed by atoms with E-state index < -0.39 is 66.6 Å². The Bertz CT molecular complexity index is 2190. The van der Waals surface area contributed by atoms with Crippen LogP contribution in [0.5, 0.6) is 0 Å². The Labute approximate surface area is 419 Å². The largest absolute Gasteiger partial charge is 0.480 e. The number of carbonyl (C=O) groups excluding carboxylic acids is 6. The lowest BCUT2D eigenvalue weighted by Gasteiger charge is -2.33. The molecule has 4 rings (SSSR count). The fraction of sp³-hybridized carbons (Fsp3) is 0.587. The van der Waals surface area contributed by atoms with Gasteiger partial charge in [0, 0.05) is 89.7 Å². The maximum atomic E-state index is 13.6. The minimum atomic E-state index is -1.68. The minimum absolute atomic E-state index is 0.0777. The molecular formula is C46H72BN13O12. The summed E-state index contributed by atoms with van der Waals surface area (Å²) < 4.78 is 0. The fourth-order valence-electron chi connectivity index (χ4n) is 8.74. The number of hydrogen-bond donors (Lipinski definition) is 11. The van der Waals surface area contributed by atoms with Gasteiger partial charge in [0.1, 0.15) is 12.1 Å². The summed E-state index contributed by atoms with van der Waals surface area (Å²) in [4.78, 5) is 115. The third-order valence-corrected chi connectivity index (χ3v) is 12.5. The number of nitrogens with two attached hydrogens (primary N) is 3. The molecule has 0 saturated carbocycles. The third-order valence-electron chi connectivity index (χ3n) is 12.5. The van der Waals surface area contributed by atoms with Crippen molar-refractivity contribution in [2.75, 3.05) is 105 Å². The number of unbranched alkanes of at least 4 members (excludes halogenated alkanes) is 2. The number of guanidine groups is 1. The second-order valence-corrected chi connectivity index (χ2v) is 18.1. The summed E-state index contributed by atoms with van der Waals surface area (Å²) in [5.41, 5.74) is 17.0. The number of fused-ring (bicyclic) bond motifs is 1. The number of carboxylic acid groups (broad SMARTS) is 2. The number of nitrogens with zero attached hydrogens (tertiary/aromatic N) is 6. The third kappa shape index (κ3) is 19.6. The van der Waals surface area contributed by atoms with Crippen LogP contribution in [-0.2, 0) is 28.8 Å². The van der Waals surface area contributed by atoms with Gasteiger partial charge in [0.05, 0.1) is 32.1 Å². The van der Waals surface area contributed by atoms with Gasteiger partial charge in [-0.2, -0.15) is 0 Å². The van der Waals surface area contributed by atoms with Crippen molar-refractivity contribution in [2.24, 2.45) is 22.2 Å². The van der Waals surface area contributed by atoms with Gasteiger partial charge < -0.3 is 63.6 Å². The first kappa shape index (κ1) is 58.1. The molecule has 3 atom stereocenters. The van der Waals surface area contributed by atoms with Crippen molar-refractivity contribution in [1.29, 1.82) is 0 Å². The summed E-state index contributed by atoms with van der Waals surface area (Å²) in [6, 6.07) is 8.10. The molecule has 0 aliphatic carbocycles. The lowest BCUT2D eigenvalue weighted by atomic mass is 9.78. The molecule has 2 aliphatic rings. The predicted octanol–water partition coefficient (Wildman–Crippen LogP) is -3.61. The number of carbonyl (C=O) groups is 8. The molecule has 72 heavy (non-hydrogen) atoms. The highest BCUT2D eigenvalue weighted by atomic mass is 16.4. The first-order chi connectivity index (χ1) is 34.3. The summed E-state index contributed by atoms with van der Waals surface area (Å²) in [5, 5.41) is 50.9. The lowest BCUT2D eigenvalue weighted by Crippen LogP contribution is -2.52. The van der Waals surface area contributed by atoms with E-state index in [-0.39, 0.29) is 102 Å². The SMILES string of the molecule is C[C@@H](NC(=O)c1ccc(C(=O)NCCCCCNC(=O)[C@H](CCCN=C(N)N)NC(=O)CN2CCN(CC(=O)O)CCN(CC(N)=O)CCN(CC(=O)O)CC2)c2ccccc12)C(=O)N1CCC[C@H]1B(O)O. The molecular weight excluding hydrogens is 937 g/mol. The summed E-state index contributed by atoms with van der Waals surface area (Å²) in [5.74, 6) is -5.75. The number of aliphatic imine (C=N–C) groups is 1. The smallest absolute Gasteiger partial charge is 0.475 e. The van der Waals surface area contributed by atoms with E-state index in [1.54, 1.807) is 49.9 Å². The Hall–Kier alpha value is -6.45. The lowest BCUT2D eigenvalue weighted by molar-refractivity contribution is -0.139. The van der Waals surface area contributed by atoms with E-state index in [0.29, 0.717) is 81.0 Å². The normalized spacial score (nSPS) is 17.4. The Kier molecular flexibility index (Phi) is 24.1. The van der Waals surface area contributed by atoms with Crippen LogP contribution in [0.2, 0.25) is 0 Å². The maximum Gasteiger partial charge on any atom is 0.475 e. The molecule has 0 radical (unpaired) electrons. The number of hydrogen-bond acceptors (Lipinski definition) is 15. The van der Waals surface area contributed by atoms with Crippen molar-refractivity contribution in [2.45, 2.75) is 69.9 Å². The van der Waals surface area contributed by atoms with E-state index in [0.717, 1.165) is 0 Å². The molecule has 26 heteroatoms. The van der Waals surface area contributed by atoms with E-state index in [2.05, 4.69) is 26.3 Å². The molecule has 14 N–H and O–H groups in total. The average molecular weight is 1010 g/mol. The van der Waals surface area contributed by atoms with Gasteiger partial charge in [0.2, 0.25) is 23.6 Å². The van der Waals surface area contributed by atoms with E-state index in [1.165, 1.54) is 17.9 Å². The second-order valence-electron chi connectivity index (χ2n) is 18.1. The van der Waals surface area contributed by atoms with Gasteiger partial charge in [0.25, 0.3) is 11.8 Å². The zero-order chi connectivity index (χ0) is 52.7. The Morgan fingerprint density at radius 2 is 1.18 bits per heavy atom. The highest BCUT2D eigenvalue weighted by Gasteiger charge is 2.39. The quantitative estimate of drug-likeness (QED) is 0.0198. The molecule has 0 aromatic heterocycles. The zero-order valence-corrected chi connectivity index (χ0v) is 41.0. The maximum absolute atomic E-state index is 13.6. The number of rotatable bonds is 25. The number of amides is 6. The van der Waals surface area contributed by atoms with E-state index >= 15 is 0 Å². The van der Waals surface area contributed by atoms with E-state index in [4.69, 9.17) is 17.2 Å². The summed E-state index contributed by atoms with van der Waals surface area (Å²) in [6.07, 6.45) is 3.39. The van der Waals surface area contributed by atoms with E-state index in [9.17, 15) is 58.6 Å². The monoisotopic (exact) mass is 1010 g/mol. The Morgan fingerprint density at radius 3 is 1.69 bits per heavy atom. The predicted molar refractivity (Wildman–Crippen MR) is 267 cm³/mol. The van der Waals surface area contributed by atoms with Gasteiger partial charge in [-0.05, 0) is 74.8 Å². The molecule has 2 heterocycles. The fourth-order valence-corrected chi connectivity index (χ4v) is 8.74. The van der Waals surface area contributed by atoms with Crippen LogP contribution in [0, 0.1) is 0 Å². The molecule has 2 saturated heterocycles. The van der Waals surface area contributed by atoms with Crippen LogP contribution in [0.1, 0.15) is 72.6 Å². The number of nitrogens with one attached hydrogen (secondary N) is 4. The average Bonchev–Trinajstić information content (AvgIpc) is 3.82. The van der Waals surface area contributed by atoms with Gasteiger partial charge in [-0.25, -0.2) is 0 Å². The number of likely N-dealkylation sites (tertiary alicyclic amines) is 1. The molecule has 0 bridgehead atoms. The van der Waals surface area contributed by atoms with Crippen molar-refractivity contribution in [3.8, 4) is 0 Å². The van der Waals surface area contributed by atoms with Gasteiger partial charge >= 0.3 is 19.1 Å². The van der Waals surface area contributed by atoms with Gasteiger partial charge in [0.15, 0.2) is 5.96 Å². The summed E-state index contributed by atoms with van der Waals surface area (Å²) in [6.45, 7) is 3.99. The van der Waals surface area contributed by atoms with E-state index in [1.807, 2.05) is 0 Å². The number of carboxylic acids is 2. The van der Waals surface area contributed by atoms with Crippen LogP contribution in [0.15, 0.2) is 41.4 Å². The molecule has 6 amide bonds. The van der Waals surface area contributed by atoms with Crippen molar-refractivity contribution < 1.29 is 58.6 Å². The van der Waals surface area contributed by atoms with Crippen molar-refractivity contribution in [3.05, 3.63) is 47.5 Å². The number of primary amides is 1. The zero-order valence-electron chi connectivity index (χ0n) is 41.0. The first-order valence-corrected chi connectivity index (χ1v) is 24.3. The van der Waals surface area contributed by atoms with Gasteiger partial charge in [-0.1, -0.05) is 24.3 Å². The van der Waals surface area contributed by atoms with Crippen molar-refractivity contribution in [1.82, 2.24) is 45.8 Å². The topological polar surface area (TPSA) is 372 Å². The molecule has 2 fully saturated rings. The summed E-state index contributed by atoms with van der Waals surface area (Å²) >= 11 is 0. The van der Waals surface area contributed by atoms with Gasteiger partial charge in [-0.15, -0.1) is 0 Å². The van der Waals surface area contributed by atoms with Crippen molar-refractivity contribution >= 4 is 71.2 Å². The molecule has 0 spiro atoms. The standard InChI is InChI=1S/C46H72BN13O12/c1-31(45(70)60-18-8-12-37(60)47(71)72)54-43(68)35-14-13-34(32-9-3-4-10-33(32)35)42(67)51-15-5-2-6-16-52-44(69)36(11-7-17-53-46(49)50)55-39(62)28-57-21-25-58(29-40(63)64)23-19-56(27-38(48)61)20-24-59(26-22-57)30-41(65)66/h3-4,9-10,13-14,31,36-37,71-72H,2,5-8,11-12,15-30H2,1H3,(H2,48,61)(H,51,67)(H,52,69)(H,54,68)(H,55,62)(H,63,64)(H,65,66)(H4,49,50,53)/t31-,36+,37+/m1/s1. The van der Waals surface area contributed by atoms with Crippen LogP contribution in [0.25, 0.3) is 10.8 Å². The number of benzene rings is 2. The first-order valence-electron chi connectivity index (χ1n) is 24.3. The molecule has 25 nitrogen and oxygen atoms in total. The molecule has 2 aromatic carbocycles. The van der Waals surface area contributed by atoms with Crippen LogP contribution in [0.3, 0.4) is 0 Å². The molecule has 0 unspecified atom stereocenters. The minimum Gasteiger partial charge on any atom is -0.480 e. The Morgan fingerprint density at radius 1 is 0.667 bits per heavy atom. The van der Waals surface area contributed by atoms with Crippen LogP contribution >= 0.6 is 0 Å². The molecule has 2 aromatic rings. The second kappa shape index (κ2) is 29.8. The molecule has 396 valence electrons. The van der Waals surface area contributed by atoms with Crippen LogP contribution in [-0.4, -0.2) is 228 Å². The highest BCUT2D eigenvalue weighted by Crippen LogP contribution is 2.24. The van der Waals surface area contributed by atoms with Crippen molar-refractivity contribution in [3.63, 3.8) is 0 Å².